The molecule has 0 amide bonds. The molecule has 1 unspecified atom stereocenters. The fraction of sp³-hybridized carbons (Fsp3) is 0.739. The summed E-state index contributed by atoms with van der Waals surface area (Å²) in [6.45, 7) is 21.5. The second kappa shape index (κ2) is 12.0. The Kier molecular flexibility index (Phi) is 11.8. The van der Waals surface area contributed by atoms with Gasteiger partial charge in [-0.15, -0.1) is 6.58 Å². The molecule has 0 aliphatic rings. The van der Waals surface area contributed by atoms with Crippen molar-refractivity contribution in [2.45, 2.75) is 103 Å². The van der Waals surface area contributed by atoms with Gasteiger partial charge in [-0.25, -0.2) is 0 Å². The van der Waals surface area contributed by atoms with Crippen molar-refractivity contribution >= 4 is 12.6 Å². The van der Waals surface area contributed by atoms with E-state index in [1.165, 1.54) is 62.5 Å². The molecular weight excluding hydrogens is 308 g/mol. The number of hydrogen-bond acceptors (Lipinski definition) is 1. The highest BCUT2D eigenvalue weighted by atomic mass is 32.1. The molecule has 0 rings (SSSR count). The molecule has 0 aliphatic heterocycles. The minimum Gasteiger partial charge on any atom is -0.169 e. The van der Waals surface area contributed by atoms with Gasteiger partial charge < -0.3 is 0 Å². The Morgan fingerprint density at radius 1 is 0.875 bits per heavy atom. The monoisotopic (exact) mass is 350 g/mol. The van der Waals surface area contributed by atoms with Crippen LogP contribution in [-0.2, 0) is 0 Å². The number of rotatable bonds is 15. The zero-order chi connectivity index (χ0) is 18.6. The van der Waals surface area contributed by atoms with Crippen LogP contribution in [0, 0.1) is 5.41 Å². The molecule has 140 valence electrons. The number of thiol groups is 1. The highest BCUT2D eigenvalue weighted by Crippen LogP contribution is 2.41. The maximum atomic E-state index is 4.66. The molecule has 0 aromatic carbocycles. The Balaban J connectivity index is 4.33. The zero-order valence-electron chi connectivity index (χ0n) is 16.9. The summed E-state index contributed by atoms with van der Waals surface area (Å²) in [6, 6.07) is 0. The van der Waals surface area contributed by atoms with E-state index >= 15 is 0 Å². The lowest BCUT2D eigenvalue weighted by molar-refractivity contribution is 0.318. The smallest absolute Gasteiger partial charge is 0.0278 e. The Hall–Kier alpha value is -0.430. The first kappa shape index (κ1) is 23.6. The maximum absolute atomic E-state index is 4.66. The Morgan fingerprint density at radius 3 is 2.00 bits per heavy atom. The minimum absolute atomic E-state index is 0.0834. The largest absolute Gasteiger partial charge is 0.169 e. The Bertz CT molecular complexity index is 385. The predicted molar refractivity (Wildman–Crippen MR) is 116 cm³/mol. The van der Waals surface area contributed by atoms with Crippen molar-refractivity contribution < 1.29 is 0 Å². The van der Waals surface area contributed by atoms with E-state index in [2.05, 4.69) is 60.1 Å². The minimum atomic E-state index is -0.0834. The third-order valence-electron chi connectivity index (χ3n) is 5.39. The fourth-order valence-electron chi connectivity index (χ4n) is 3.22. The normalized spacial score (nSPS) is 14.2. The standard InChI is InChI=1S/C23H42S/c1-8-10-11-12-13-14-15-16-21(4)23(7,18-9-2)19-17-20(3)22(5,6)24/h8,24H,1,3-4,9-19H2,2,5-7H3. The van der Waals surface area contributed by atoms with E-state index in [0.29, 0.717) is 0 Å². The van der Waals surface area contributed by atoms with Crippen LogP contribution in [0.15, 0.2) is 37.0 Å². The molecule has 0 aromatic rings. The molecule has 24 heavy (non-hydrogen) atoms. The molecule has 0 N–H and O–H groups in total. The van der Waals surface area contributed by atoms with Crippen LogP contribution in [0.4, 0.5) is 0 Å². The Morgan fingerprint density at radius 2 is 1.46 bits per heavy atom. The van der Waals surface area contributed by atoms with E-state index in [0.717, 1.165) is 19.3 Å². The molecule has 0 fully saturated rings. The van der Waals surface area contributed by atoms with E-state index < -0.39 is 0 Å². The van der Waals surface area contributed by atoms with E-state index in [1.807, 2.05) is 6.08 Å². The lowest BCUT2D eigenvalue weighted by Crippen LogP contribution is -2.22. The summed E-state index contributed by atoms with van der Waals surface area (Å²) in [5.41, 5.74) is 2.93. The van der Waals surface area contributed by atoms with Crippen LogP contribution in [-0.4, -0.2) is 4.75 Å². The van der Waals surface area contributed by atoms with Gasteiger partial charge in [-0.3, -0.25) is 0 Å². The third-order valence-corrected chi connectivity index (χ3v) is 5.70. The molecule has 0 nitrogen and oxygen atoms in total. The first-order chi connectivity index (χ1) is 11.2. The summed E-state index contributed by atoms with van der Waals surface area (Å²) in [7, 11) is 0. The van der Waals surface area contributed by atoms with Crippen molar-refractivity contribution in [3.63, 3.8) is 0 Å². The van der Waals surface area contributed by atoms with E-state index in [4.69, 9.17) is 0 Å². The molecular formula is C23H42S. The van der Waals surface area contributed by atoms with Gasteiger partial charge in [-0.1, -0.05) is 69.9 Å². The van der Waals surface area contributed by atoms with Crippen LogP contribution in [0.3, 0.4) is 0 Å². The summed E-state index contributed by atoms with van der Waals surface area (Å²) in [6.07, 6.45) is 15.6. The van der Waals surface area contributed by atoms with E-state index in [-0.39, 0.29) is 10.2 Å². The lowest BCUT2D eigenvalue weighted by Gasteiger charge is -2.34. The van der Waals surface area contributed by atoms with Gasteiger partial charge >= 0.3 is 0 Å². The molecule has 0 saturated carbocycles. The lowest BCUT2D eigenvalue weighted by atomic mass is 9.72. The Labute approximate surface area is 158 Å². The summed E-state index contributed by atoms with van der Waals surface area (Å²) in [5.74, 6) is 0. The number of unbranched alkanes of at least 4 members (excludes halogenated alkanes) is 5. The third kappa shape index (κ3) is 9.77. The first-order valence-corrected chi connectivity index (χ1v) is 10.3. The molecule has 0 bridgehead atoms. The van der Waals surface area contributed by atoms with Gasteiger partial charge in [0.2, 0.25) is 0 Å². The van der Waals surface area contributed by atoms with Gasteiger partial charge in [-0.2, -0.15) is 12.6 Å². The zero-order valence-corrected chi connectivity index (χ0v) is 17.8. The molecule has 0 aliphatic carbocycles. The van der Waals surface area contributed by atoms with Gasteiger partial charge in [0.1, 0.15) is 0 Å². The quantitative estimate of drug-likeness (QED) is 0.171. The molecule has 0 saturated heterocycles. The van der Waals surface area contributed by atoms with Crippen LogP contribution in [0.1, 0.15) is 98.3 Å². The molecule has 1 atom stereocenters. The topological polar surface area (TPSA) is 0 Å². The molecule has 0 radical (unpaired) electrons. The van der Waals surface area contributed by atoms with E-state index in [1.54, 1.807) is 0 Å². The average molecular weight is 351 g/mol. The van der Waals surface area contributed by atoms with Crippen LogP contribution in [0.25, 0.3) is 0 Å². The van der Waals surface area contributed by atoms with Gasteiger partial charge in [0.25, 0.3) is 0 Å². The number of hydrogen-bond donors (Lipinski definition) is 1. The highest BCUT2D eigenvalue weighted by Gasteiger charge is 2.28. The van der Waals surface area contributed by atoms with Crippen molar-refractivity contribution in [3.8, 4) is 0 Å². The number of allylic oxidation sites excluding steroid dienone is 2. The molecule has 1 heteroatoms. The highest BCUT2D eigenvalue weighted by molar-refractivity contribution is 7.82. The molecule has 0 spiro atoms. The first-order valence-electron chi connectivity index (χ1n) is 9.87. The van der Waals surface area contributed by atoms with Crippen LogP contribution >= 0.6 is 12.6 Å². The van der Waals surface area contributed by atoms with E-state index in [9.17, 15) is 0 Å². The maximum Gasteiger partial charge on any atom is 0.0278 e. The summed E-state index contributed by atoms with van der Waals surface area (Å²) >= 11 is 4.66. The summed E-state index contributed by atoms with van der Waals surface area (Å²) in [4.78, 5) is 0. The van der Waals surface area contributed by atoms with Crippen molar-refractivity contribution in [1.29, 1.82) is 0 Å². The van der Waals surface area contributed by atoms with Crippen LogP contribution < -0.4 is 0 Å². The van der Waals surface area contributed by atoms with Crippen molar-refractivity contribution in [3.05, 3.63) is 37.0 Å². The summed E-state index contributed by atoms with van der Waals surface area (Å²) in [5, 5.41) is 0. The van der Waals surface area contributed by atoms with Crippen molar-refractivity contribution in [2.24, 2.45) is 5.41 Å². The van der Waals surface area contributed by atoms with Crippen LogP contribution in [0.2, 0.25) is 0 Å². The second-order valence-corrected chi connectivity index (χ2v) is 9.29. The van der Waals surface area contributed by atoms with Gasteiger partial charge in [0.05, 0.1) is 0 Å². The second-order valence-electron chi connectivity index (χ2n) is 8.17. The molecule has 0 heterocycles. The van der Waals surface area contributed by atoms with Crippen molar-refractivity contribution in [1.82, 2.24) is 0 Å². The SMILES string of the molecule is C=CCCCCCCCC(=C)C(C)(CCC)CCC(=C)C(C)(C)S. The summed E-state index contributed by atoms with van der Waals surface area (Å²) < 4.78 is -0.0834. The fourth-order valence-corrected chi connectivity index (χ4v) is 3.33. The van der Waals surface area contributed by atoms with Gasteiger partial charge in [-0.05, 0) is 64.2 Å². The predicted octanol–water partition coefficient (Wildman–Crippen LogP) is 8.31. The van der Waals surface area contributed by atoms with Gasteiger partial charge in [0, 0.05) is 4.75 Å². The van der Waals surface area contributed by atoms with Gasteiger partial charge in [0.15, 0.2) is 0 Å². The van der Waals surface area contributed by atoms with Crippen LogP contribution in [0.5, 0.6) is 0 Å². The molecule has 0 aromatic heterocycles. The van der Waals surface area contributed by atoms with Crippen molar-refractivity contribution in [2.75, 3.05) is 0 Å². The average Bonchev–Trinajstić information content (AvgIpc) is 2.50.